The van der Waals surface area contributed by atoms with E-state index in [0.29, 0.717) is 51.5 Å². The molecule has 148 valence electrons. The Morgan fingerprint density at radius 1 is 0.963 bits per heavy atom. The molecular weight excluding hydrogens is 351 g/mol. The Bertz CT molecular complexity index is 644. The lowest BCUT2D eigenvalue weighted by molar-refractivity contribution is -0.135. The highest BCUT2D eigenvalue weighted by Crippen LogP contribution is 2.07. The fourth-order valence-corrected chi connectivity index (χ4v) is 3.30. The molecule has 0 aromatic heterocycles. The molecule has 2 heterocycles. The standard InChI is InChI=1S/C19H27FN4O3/c20-17-4-2-1-3-16(17)13-21-18(25)14-22-5-7-24(8-6-22)19(26)15-23-9-11-27-12-10-23/h1-4H,5-15H2,(H,21,25). The molecule has 2 amide bonds. The van der Waals surface area contributed by atoms with Crippen LogP contribution in [0.15, 0.2) is 24.3 Å². The van der Waals surface area contributed by atoms with Crippen LogP contribution in [0.3, 0.4) is 0 Å². The molecule has 0 spiro atoms. The van der Waals surface area contributed by atoms with Gasteiger partial charge >= 0.3 is 0 Å². The summed E-state index contributed by atoms with van der Waals surface area (Å²) in [6.45, 7) is 6.45. The maximum absolute atomic E-state index is 13.6. The van der Waals surface area contributed by atoms with Crippen molar-refractivity contribution < 1.29 is 18.7 Å². The van der Waals surface area contributed by atoms with Gasteiger partial charge in [-0.3, -0.25) is 19.4 Å². The number of rotatable bonds is 6. The quantitative estimate of drug-likeness (QED) is 0.750. The van der Waals surface area contributed by atoms with Crippen molar-refractivity contribution in [3.8, 4) is 0 Å². The van der Waals surface area contributed by atoms with Gasteiger partial charge in [0, 0.05) is 51.4 Å². The van der Waals surface area contributed by atoms with Gasteiger partial charge in [0.2, 0.25) is 11.8 Å². The second kappa shape index (κ2) is 9.77. The van der Waals surface area contributed by atoms with E-state index in [0.717, 1.165) is 13.1 Å². The first-order valence-electron chi connectivity index (χ1n) is 9.42. The van der Waals surface area contributed by atoms with Crippen LogP contribution in [0.4, 0.5) is 4.39 Å². The predicted molar refractivity (Wildman–Crippen MR) is 98.5 cm³/mol. The van der Waals surface area contributed by atoms with Crippen LogP contribution in [-0.4, -0.2) is 92.1 Å². The van der Waals surface area contributed by atoms with Gasteiger partial charge in [-0.15, -0.1) is 0 Å². The number of hydrogen-bond acceptors (Lipinski definition) is 5. The molecule has 1 aromatic rings. The first-order chi connectivity index (χ1) is 13.1. The third-order valence-corrected chi connectivity index (χ3v) is 4.99. The van der Waals surface area contributed by atoms with E-state index < -0.39 is 0 Å². The van der Waals surface area contributed by atoms with Gasteiger partial charge in [-0.2, -0.15) is 0 Å². The minimum atomic E-state index is -0.315. The molecule has 0 atom stereocenters. The molecule has 2 aliphatic heterocycles. The summed E-state index contributed by atoms with van der Waals surface area (Å²) in [6.07, 6.45) is 0. The van der Waals surface area contributed by atoms with Crippen LogP contribution in [0.2, 0.25) is 0 Å². The van der Waals surface area contributed by atoms with Crippen molar-refractivity contribution in [3.05, 3.63) is 35.6 Å². The van der Waals surface area contributed by atoms with Crippen LogP contribution >= 0.6 is 0 Å². The molecule has 2 saturated heterocycles. The number of benzene rings is 1. The highest BCUT2D eigenvalue weighted by atomic mass is 19.1. The van der Waals surface area contributed by atoms with Gasteiger partial charge in [-0.05, 0) is 6.07 Å². The number of carbonyl (C=O) groups excluding carboxylic acids is 2. The van der Waals surface area contributed by atoms with E-state index in [-0.39, 0.29) is 30.7 Å². The molecule has 0 bridgehead atoms. The van der Waals surface area contributed by atoms with E-state index in [4.69, 9.17) is 4.74 Å². The van der Waals surface area contributed by atoms with Crippen LogP contribution in [0.5, 0.6) is 0 Å². The molecular formula is C19H27FN4O3. The first-order valence-corrected chi connectivity index (χ1v) is 9.42. The molecule has 2 fully saturated rings. The number of hydrogen-bond donors (Lipinski definition) is 1. The van der Waals surface area contributed by atoms with Gasteiger partial charge < -0.3 is 15.0 Å². The Kier molecular flexibility index (Phi) is 7.14. The van der Waals surface area contributed by atoms with Gasteiger partial charge in [-0.1, -0.05) is 18.2 Å². The van der Waals surface area contributed by atoms with Crippen LogP contribution in [0.1, 0.15) is 5.56 Å². The number of nitrogens with one attached hydrogen (secondary N) is 1. The zero-order valence-electron chi connectivity index (χ0n) is 15.5. The maximum Gasteiger partial charge on any atom is 0.236 e. The van der Waals surface area contributed by atoms with Crippen LogP contribution < -0.4 is 5.32 Å². The second-order valence-corrected chi connectivity index (χ2v) is 6.91. The normalized spacial score (nSPS) is 19.1. The average molecular weight is 378 g/mol. The highest BCUT2D eigenvalue weighted by molar-refractivity contribution is 5.79. The number of morpholine rings is 1. The van der Waals surface area contributed by atoms with E-state index in [1.807, 2.05) is 9.80 Å². The zero-order valence-corrected chi connectivity index (χ0v) is 15.5. The molecule has 1 aromatic carbocycles. The number of carbonyl (C=O) groups is 2. The molecule has 0 radical (unpaired) electrons. The Hall–Kier alpha value is -2.03. The summed E-state index contributed by atoms with van der Waals surface area (Å²) in [4.78, 5) is 30.5. The molecule has 8 heteroatoms. The summed E-state index contributed by atoms with van der Waals surface area (Å²) in [5, 5.41) is 2.76. The Morgan fingerprint density at radius 2 is 1.63 bits per heavy atom. The van der Waals surface area contributed by atoms with Crippen molar-refractivity contribution in [2.75, 3.05) is 65.6 Å². The van der Waals surface area contributed by atoms with Gasteiger partial charge in [0.15, 0.2) is 0 Å². The summed E-state index contributed by atoms with van der Waals surface area (Å²) in [5.41, 5.74) is 0.476. The fraction of sp³-hybridized carbons (Fsp3) is 0.579. The lowest BCUT2D eigenvalue weighted by atomic mass is 10.2. The molecule has 0 unspecified atom stereocenters. The summed E-state index contributed by atoms with van der Waals surface area (Å²) < 4.78 is 18.9. The summed E-state index contributed by atoms with van der Waals surface area (Å²) in [6, 6.07) is 6.42. The third kappa shape index (κ3) is 5.98. The van der Waals surface area contributed by atoms with Gasteiger partial charge in [-0.25, -0.2) is 4.39 Å². The van der Waals surface area contributed by atoms with E-state index in [2.05, 4.69) is 10.2 Å². The minimum absolute atomic E-state index is 0.133. The first kappa shape index (κ1) is 19.7. The molecule has 2 aliphatic rings. The molecule has 1 N–H and O–H groups in total. The van der Waals surface area contributed by atoms with E-state index >= 15 is 0 Å². The average Bonchev–Trinajstić information content (AvgIpc) is 2.69. The summed E-state index contributed by atoms with van der Waals surface area (Å²) in [5.74, 6) is -0.308. The van der Waals surface area contributed by atoms with E-state index in [1.54, 1.807) is 18.2 Å². The Balaban J connectivity index is 1.35. The van der Waals surface area contributed by atoms with Gasteiger partial charge in [0.1, 0.15) is 5.82 Å². The zero-order chi connectivity index (χ0) is 19.1. The SMILES string of the molecule is O=C(CN1CCN(C(=O)CN2CCOCC2)CC1)NCc1ccccc1F. The van der Waals surface area contributed by atoms with Crippen molar-refractivity contribution in [1.29, 1.82) is 0 Å². The largest absolute Gasteiger partial charge is 0.379 e. The van der Waals surface area contributed by atoms with Crippen molar-refractivity contribution in [2.45, 2.75) is 6.54 Å². The van der Waals surface area contributed by atoms with Crippen molar-refractivity contribution in [2.24, 2.45) is 0 Å². The molecule has 7 nitrogen and oxygen atoms in total. The number of ether oxygens (including phenoxy) is 1. The van der Waals surface area contributed by atoms with Crippen LogP contribution in [-0.2, 0) is 20.9 Å². The Morgan fingerprint density at radius 3 is 2.33 bits per heavy atom. The Labute approximate surface area is 159 Å². The molecule has 27 heavy (non-hydrogen) atoms. The minimum Gasteiger partial charge on any atom is -0.379 e. The van der Waals surface area contributed by atoms with Gasteiger partial charge in [0.25, 0.3) is 0 Å². The van der Waals surface area contributed by atoms with Crippen LogP contribution in [0, 0.1) is 5.82 Å². The van der Waals surface area contributed by atoms with E-state index in [9.17, 15) is 14.0 Å². The maximum atomic E-state index is 13.6. The monoisotopic (exact) mass is 378 g/mol. The number of amides is 2. The van der Waals surface area contributed by atoms with Crippen molar-refractivity contribution in [3.63, 3.8) is 0 Å². The summed E-state index contributed by atoms with van der Waals surface area (Å²) in [7, 11) is 0. The second-order valence-electron chi connectivity index (χ2n) is 6.91. The molecule has 0 aliphatic carbocycles. The fourth-order valence-electron chi connectivity index (χ4n) is 3.30. The van der Waals surface area contributed by atoms with Gasteiger partial charge in [0.05, 0.1) is 26.3 Å². The number of piperazine rings is 1. The number of halogens is 1. The van der Waals surface area contributed by atoms with Crippen LogP contribution in [0.25, 0.3) is 0 Å². The molecule has 0 saturated carbocycles. The predicted octanol–water partition coefficient (Wildman–Crippen LogP) is -0.0817. The third-order valence-electron chi connectivity index (χ3n) is 4.99. The highest BCUT2D eigenvalue weighted by Gasteiger charge is 2.24. The topological polar surface area (TPSA) is 65.1 Å². The van der Waals surface area contributed by atoms with Crippen molar-refractivity contribution in [1.82, 2.24) is 20.0 Å². The number of nitrogens with zero attached hydrogens (tertiary/aromatic N) is 3. The molecule has 3 rings (SSSR count). The van der Waals surface area contributed by atoms with Crippen molar-refractivity contribution >= 4 is 11.8 Å². The summed E-state index contributed by atoms with van der Waals surface area (Å²) >= 11 is 0. The lowest BCUT2D eigenvalue weighted by Gasteiger charge is -2.36. The lowest BCUT2D eigenvalue weighted by Crippen LogP contribution is -2.53. The smallest absolute Gasteiger partial charge is 0.236 e. The van der Waals surface area contributed by atoms with E-state index in [1.165, 1.54) is 6.07 Å².